The second kappa shape index (κ2) is 4.99. The Labute approximate surface area is 98.8 Å². The Hall–Kier alpha value is -0.540. The van der Waals surface area contributed by atoms with Crippen molar-refractivity contribution >= 4 is 21.6 Å². The van der Waals surface area contributed by atoms with Crippen LogP contribution < -0.4 is 5.32 Å². The van der Waals surface area contributed by atoms with Crippen molar-refractivity contribution in [3.05, 3.63) is 28.7 Å². The molecule has 15 heavy (non-hydrogen) atoms. The number of aliphatic hydroxyl groups excluding tert-OH is 1. The molecule has 0 aliphatic heterocycles. The van der Waals surface area contributed by atoms with Crippen molar-refractivity contribution in [3.8, 4) is 0 Å². The summed E-state index contributed by atoms with van der Waals surface area (Å²) in [6.07, 6.45) is 3.87. The van der Waals surface area contributed by atoms with E-state index in [0.29, 0.717) is 6.04 Å². The Kier molecular flexibility index (Phi) is 3.65. The molecular formula is C12H16BrNO. The van der Waals surface area contributed by atoms with Crippen molar-refractivity contribution in [2.24, 2.45) is 0 Å². The SMILES string of the molecule is OC1CCC(Nc2ccccc2Br)CC1. The van der Waals surface area contributed by atoms with Gasteiger partial charge < -0.3 is 10.4 Å². The van der Waals surface area contributed by atoms with E-state index in [2.05, 4.69) is 27.3 Å². The third kappa shape index (κ3) is 2.95. The van der Waals surface area contributed by atoms with Gasteiger partial charge in [-0.1, -0.05) is 12.1 Å². The van der Waals surface area contributed by atoms with Crippen LogP contribution in [0.25, 0.3) is 0 Å². The summed E-state index contributed by atoms with van der Waals surface area (Å²) >= 11 is 3.52. The molecule has 2 N–H and O–H groups in total. The number of hydrogen-bond acceptors (Lipinski definition) is 2. The Bertz CT molecular complexity index is 321. The number of para-hydroxylation sites is 1. The van der Waals surface area contributed by atoms with Crippen molar-refractivity contribution in [3.63, 3.8) is 0 Å². The number of benzene rings is 1. The fourth-order valence-corrected chi connectivity index (χ4v) is 2.42. The van der Waals surface area contributed by atoms with Crippen molar-refractivity contribution in [1.29, 1.82) is 0 Å². The zero-order valence-corrected chi connectivity index (χ0v) is 10.2. The van der Waals surface area contributed by atoms with Gasteiger partial charge in [0.25, 0.3) is 0 Å². The summed E-state index contributed by atoms with van der Waals surface area (Å²) in [5.41, 5.74) is 1.15. The maximum atomic E-state index is 9.41. The molecule has 82 valence electrons. The summed E-state index contributed by atoms with van der Waals surface area (Å²) in [5, 5.41) is 12.9. The summed E-state index contributed by atoms with van der Waals surface area (Å²) in [5.74, 6) is 0. The topological polar surface area (TPSA) is 32.3 Å². The largest absolute Gasteiger partial charge is 0.393 e. The van der Waals surface area contributed by atoms with Crippen LogP contribution in [0.5, 0.6) is 0 Å². The van der Waals surface area contributed by atoms with Crippen LogP contribution in [0.1, 0.15) is 25.7 Å². The van der Waals surface area contributed by atoms with E-state index in [-0.39, 0.29) is 6.10 Å². The van der Waals surface area contributed by atoms with Crippen molar-refractivity contribution < 1.29 is 5.11 Å². The first kappa shape index (κ1) is 11.0. The number of nitrogens with one attached hydrogen (secondary N) is 1. The molecule has 2 nitrogen and oxygen atoms in total. The van der Waals surface area contributed by atoms with Gasteiger partial charge in [-0.2, -0.15) is 0 Å². The van der Waals surface area contributed by atoms with Gasteiger partial charge in [0.2, 0.25) is 0 Å². The second-order valence-electron chi connectivity index (χ2n) is 4.13. The summed E-state index contributed by atoms with van der Waals surface area (Å²) in [7, 11) is 0. The minimum Gasteiger partial charge on any atom is -0.393 e. The molecule has 1 saturated carbocycles. The molecule has 3 heteroatoms. The number of rotatable bonds is 2. The van der Waals surface area contributed by atoms with Crippen LogP contribution in [0.3, 0.4) is 0 Å². The highest BCUT2D eigenvalue weighted by atomic mass is 79.9. The maximum absolute atomic E-state index is 9.41. The normalized spacial score (nSPS) is 26.3. The third-order valence-electron chi connectivity index (χ3n) is 2.93. The molecule has 1 fully saturated rings. The highest BCUT2D eigenvalue weighted by Gasteiger charge is 2.19. The molecule has 1 aromatic rings. The van der Waals surface area contributed by atoms with Crippen LogP contribution in [0, 0.1) is 0 Å². The van der Waals surface area contributed by atoms with Crippen LogP contribution >= 0.6 is 15.9 Å². The number of aliphatic hydroxyl groups is 1. The fraction of sp³-hybridized carbons (Fsp3) is 0.500. The molecule has 0 bridgehead atoms. The molecular weight excluding hydrogens is 254 g/mol. The first-order valence-electron chi connectivity index (χ1n) is 5.45. The third-order valence-corrected chi connectivity index (χ3v) is 3.62. The highest BCUT2D eigenvalue weighted by molar-refractivity contribution is 9.10. The molecule has 1 aromatic carbocycles. The van der Waals surface area contributed by atoms with E-state index in [1.807, 2.05) is 18.2 Å². The Morgan fingerprint density at radius 2 is 1.80 bits per heavy atom. The monoisotopic (exact) mass is 269 g/mol. The molecule has 0 aromatic heterocycles. The quantitative estimate of drug-likeness (QED) is 0.865. The molecule has 0 unspecified atom stereocenters. The van der Waals surface area contributed by atoms with Crippen LogP contribution in [0.2, 0.25) is 0 Å². The zero-order chi connectivity index (χ0) is 10.7. The first-order chi connectivity index (χ1) is 7.25. The highest BCUT2D eigenvalue weighted by Crippen LogP contribution is 2.26. The molecule has 1 aliphatic rings. The average molecular weight is 270 g/mol. The molecule has 0 heterocycles. The predicted molar refractivity (Wildman–Crippen MR) is 66.0 cm³/mol. The van der Waals surface area contributed by atoms with E-state index in [0.717, 1.165) is 35.8 Å². The van der Waals surface area contributed by atoms with Crippen molar-refractivity contribution in [1.82, 2.24) is 0 Å². The Morgan fingerprint density at radius 1 is 1.13 bits per heavy atom. The van der Waals surface area contributed by atoms with Gasteiger partial charge >= 0.3 is 0 Å². The lowest BCUT2D eigenvalue weighted by Gasteiger charge is -2.27. The van der Waals surface area contributed by atoms with Gasteiger partial charge in [0.15, 0.2) is 0 Å². The number of halogens is 1. The molecule has 0 spiro atoms. The maximum Gasteiger partial charge on any atom is 0.0541 e. The van der Waals surface area contributed by atoms with Gasteiger partial charge in [-0.15, -0.1) is 0 Å². The van der Waals surface area contributed by atoms with Crippen LogP contribution in [-0.4, -0.2) is 17.3 Å². The Morgan fingerprint density at radius 3 is 2.47 bits per heavy atom. The van der Waals surface area contributed by atoms with Gasteiger partial charge in [-0.05, 0) is 53.7 Å². The molecule has 0 saturated heterocycles. The van der Waals surface area contributed by atoms with E-state index in [4.69, 9.17) is 0 Å². The lowest BCUT2D eigenvalue weighted by molar-refractivity contribution is 0.126. The number of hydrogen-bond donors (Lipinski definition) is 2. The van der Waals surface area contributed by atoms with Gasteiger partial charge in [-0.3, -0.25) is 0 Å². The summed E-state index contributed by atoms with van der Waals surface area (Å²) < 4.78 is 1.11. The predicted octanol–water partition coefficient (Wildman–Crippen LogP) is 3.16. The zero-order valence-electron chi connectivity index (χ0n) is 8.62. The average Bonchev–Trinajstić information content (AvgIpc) is 2.25. The van der Waals surface area contributed by atoms with Gasteiger partial charge in [-0.25, -0.2) is 0 Å². The van der Waals surface area contributed by atoms with Crippen molar-refractivity contribution in [2.75, 3.05) is 5.32 Å². The van der Waals surface area contributed by atoms with E-state index < -0.39 is 0 Å². The summed E-state index contributed by atoms with van der Waals surface area (Å²) in [6, 6.07) is 8.67. The minimum absolute atomic E-state index is 0.0812. The second-order valence-corrected chi connectivity index (χ2v) is 4.98. The summed E-state index contributed by atoms with van der Waals surface area (Å²) in [4.78, 5) is 0. The van der Waals surface area contributed by atoms with E-state index in [1.165, 1.54) is 0 Å². The molecule has 0 atom stereocenters. The fourth-order valence-electron chi connectivity index (χ4n) is 2.02. The smallest absolute Gasteiger partial charge is 0.0541 e. The van der Waals surface area contributed by atoms with Crippen molar-refractivity contribution in [2.45, 2.75) is 37.8 Å². The standard InChI is InChI=1S/C12H16BrNO/c13-11-3-1-2-4-12(11)14-9-5-7-10(15)8-6-9/h1-4,9-10,14-15H,5-8H2. The van der Waals surface area contributed by atoms with Crippen LogP contribution in [0.15, 0.2) is 28.7 Å². The van der Waals surface area contributed by atoms with E-state index >= 15 is 0 Å². The molecule has 2 rings (SSSR count). The molecule has 0 amide bonds. The van der Waals surface area contributed by atoms with E-state index in [1.54, 1.807) is 0 Å². The lowest BCUT2D eigenvalue weighted by atomic mass is 9.93. The minimum atomic E-state index is -0.0812. The van der Waals surface area contributed by atoms with Crippen LogP contribution in [0.4, 0.5) is 5.69 Å². The Balaban J connectivity index is 1.95. The first-order valence-corrected chi connectivity index (χ1v) is 6.24. The van der Waals surface area contributed by atoms with E-state index in [9.17, 15) is 5.11 Å². The number of anilines is 1. The van der Waals surface area contributed by atoms with Crippen LogP contribution in [-0.2, 0) is 0 Å². The molecule has 1 aliphatic carbocycles. The summed E-state index contributed by atoms with van der Waals surface area (Å²) in [6.45, 7) is 0. The lowest BCUT2D eigenvalue weighted by Crippen LogP contribution is -2.28. The van der Waals surface area contributed by atoms with Gasteiger partial charge in [0.05, 0.1) is 6.10 Å². The van der Waals surface area contributed by atoms with Gasteiger partial charge in [0, 0.05) is 16.2 Å². The molecule has 0 radical (unpaired) electrons. The van der Waals surface area contributed by atoms with Gasteiger partial charge in [0.1, 0.15) is 0 Å².